The molecule has 3 nitrogen and oxygen atoms in total. The Labute approximate surface area is 115 Å². The van der Waals surface area contributed by atoms with Gasteiger partial charge >= 0.3 is 0 Å². The zero-order chi connectivity index (χ0) is 13.9. The molecule has 0 saturated carbocycles. The van der Waals surface area contributed by atoms with Gasteiger partial charge in [-0.15, -0.1) is 0 Å². The third-order valence-electron chi connectivity index (χ3n) is 2.77. The Kier molecular flexibility index (Phi) is 8.38. The number of hydrogen-bond acceptors (Lipinski definition) is 3. The summed E-state index contributed by atoms with van der Waals surface area (Å²) in [6.07, 6.45) is 1.68. The van der Waals surface area contributed by atoms with E-state index in [9.17, 15) is 4.39 Å². The van der Waals surface area contributed by atoms with Crippen molar-refractivity contribution in [3.8, 4) is 0 Å². The third kappa shape index (κ3) is 6.66. The zero-order valence-corrected chi connectivity index (χ0v) is 11.8. The van der Waals surface area contributed by atoms with Crippen LogP contribution >= 0.6 is 0 Å². The highest BCUT2D eigenvalue weighted by atomic mass is 19.1. The van der Waals surface area contributed by atoms with E-state index < -0.39 is 0 Å². The molecule has 1 rings (SSSR count). The fourth-order valence-electron chi connectivity index (χ4n) is 1.85. The van der Waals surface area contributed by atoms with Crippen molar-refractivity contribution in [1.29, 1.82) is 0 Å². The molecular formula is C15H24FNO2. The molecule has 0 aliphatic heterocycles. The summed E-state index contributed by atoms with van der Waals surface area (Å²) in [5.74, 6) is -0.156. The fraction of sp³-hybridized carbons (Fsp3) is 0.600. The maximum absolute atomic E-state index is 13.3. The summed E-state index contributed by atoms with van der Waals surface area (Å²) >= 11 is 0. The van der Waals surface area contributed by atoms with E-state index in [-0.39, 0.29) is 12.1 Å². The van der Waals surface area contributed by atoms with E-state index in [0.29, 0.717) is 25.3 Å². The average molecular weight is 269 g/mol. The van der Waals surface area contributed by atoms with Crippen LogP contribution in [0, 0.1) is 5.82 Å². The second-order valence-electron chi connectivity index (χ2n) is 4.25. The first kappa shape index (κ1) is 16.1. The van der Waals surface area contributed by atoms with E-state index in [1.165, 1.54) is 6.07 Å². The van der Waals surface area contributed by atoms with Crippen LogP contribution in [0.4, 0.5) is 4.39 Å². The molecule has 0 radical (unpaired) electrons. The summed E-state index contributed by atoms with van der Waals surface area (Å²) in [5, 5.41) is 3.23. The molecule has 0 amide bonds. The van der Waals surface area contributed by atoms with Gasteiger partial charge in [0.1, 0.15) is 5.82 Å². The Balaban J connectivity index is 2.15. The number of ether oxygens (including phenoxy) is 2. The SMILES string of the molecule is CCOC(CCCNCc1ccccc1F)OCC. The van der Waals surface area contributed by atoms with Crippen LogP contribution in [0.5, 0.6) is 0 Å². The van der Waals surface area contributed by atoms with E-state index in [4.69, 9.17) is 9.47 Å². The minimum Gasteiger partial charge on any atom is -0.353 e. The Morgan fingerprint density at radius 3 is 2.47 bits per heavy atom. The molecule has 0 atom stereocenters. The monoisotopic (exact) mass is 269 g/mol. The van der Waals surface area contributed by atoms with Crippen molar-refractivity contribution in [2.24, 2.45) is 0 Å². The molecular weight excluding hydrogens is 245 g/mol. The van der Waals surface area contributed by atoms with Gasteiger partial charge in [0.25, 0.3) is 0 Å². The van der Waals surface area contributed by atoms with Crippen LogP contribution in [-0.2, 0) is 16.0 Å². The highest BCUT2D eigenvalue weighted by Gasteiger charge is 2.07. The number of nitrogens with one attached hydrogen (secondary N) is 1. The van der Waals surface area contributed by atoms with E-state index in [1.54, 1.807) is 12.1 Å². The fourth-order valence-corrected chi connectivity index (χ4v) is 1.85. The first-order valence-electron chi connectivity index (χ1n) is 6.95. The van der Waals surface area contributed by atoms with Crippen molar-refractivity contribution in [3.63, 3.8) is 0 Å². The molecule has 0 fully saturated rings. The highest BCUT2D eigenvalue weighted by Crippen LogP contribution is 2.06. The lowest BCUT2D eigenvalue weighted by molar-refractivity contribution is -0.139. The maximum Gasteiger partial charge on any atom is 0.157 e. The lowest BCUT2D eigenvalue weighted by Crippen LogP contribution is -2.21. The molecule has 0 aliphatic carbocycles. The molecule has 1 N–H and O–H groups in total. The van der Waals surface area contributed by atoms with Gasteiger partial charge in [0.15, 0.2) is 6.29 Å². The van der Waals surface area contributed by atoms with Crippen LogP contribution < -0.4 is 5.32 Å². The van der Waals surface area contributed by atoms with E-state index in [1.807, 2.05) is 19.9 Å². The molecule has 0 aliphatic rings. The lowest BCUT2D eigenvalue weighted by Gasteiger charge is -2.16. The van der Waals surface area contributed by atoms with Crippen molar-refractivity contribution in [2.75, 3.05) is 19.8 Å². The average Bonchev–Trinajstić information content (AvgIpc) is 2.41. The first-order chi connectivity index (χ1) is 9.27. The predicted molar refractivity (Wildman–Crippen MR) is 74.4 cm³/mol. The summed E-state index contributed by atoms with van der Waals surface area (Å²) in [6, 6.07) is 6.83. The summed E-state index contributed by atoms with van der Waals surface area (Å²) in [5.41, 5.74) is 0.702. The molecule has 19 heavy (non-hydrogen) atoms. The van der Waals surface area contributed by atoms with Crippen LogP contribution in [0.1, 0.15) is 32.3 Å². The van der Waals surface area contributed by atoms with Crippen LogP contribution in [0.3, 0.4) is 0 Å². The lowest BCUT2D eigenvalue weighted by atomic mass is 10.2. The van der Waals surface area contributed by atoms with Crippen molar-refractivity contribution >= 4 is 0 Å². The Bertz CT molecular complexity index is 341. The zero-order valence-electron chi connectivity index (χ0n) is 11.8. The highest BCUT2D eigenvalue weighted by molar-refractivity contribution is 5.16. The molecule has 1 aromatic rings. The van der Waals surface area contributed by atoms with Gasteiger partial charge in [-0.1, -0.05) is 18.2 Å². The minimum absolute atomic E-state index is 0.120. The van der Waals surface area contributed by atoms with Crippen molar-refractivity contribution in [1.82, 2.24) is 5.32 Å². The quantitative estimate of drug-likeness (QED) is 0.523. The van der Waals surface area contributed by atoms with Gasteiger partial charge in [0, 0.05) is 25.3 Å². The summed E-state index contributed by atoms with van der Waals surface area (Å²) in [7, 11) is 0. The van der Waals surface area contributed by atoms with Gasteiger partial charge in [-0.2, -0.15) is 0 Å². The van der Waals surface area contributed by atoms with Gasteiger partial charge in [0.2, 0.25) is 0 Å². The number of rotatable bonds is 10. The molecule has 0 aromatic heterocycles. The van der Waals surface area contributed by atoms with Crippen LogP contribution in [-0.4, -0.2) is 26.0 Å². The Hall–Kier alpha value is -0.970. The smallest absolute Gasteiger partial charge is 0.157 e. The molecule has 4 heteroatoms. The molecule has 0 spiro atoms. The van der Waals surface area contributed by atoms with E-state index in [2.05, 4.69) is 5.32 Å². The van der Waals surface area contributed by atoms with Crippen LogP contribution in [0.15, 0.2) is 24.3 Å². The van der Waals surface area contributed by atoms with E-state index >= 15 is 0 Å². The van der Waals surface area contributed by atoms with E-state index in [0.717, 1.165) is 19.4 Å². The molecule has 108 valence electrons. The second-order valence-corrected chi connectivity index (χ2v) is 4.25. The molecule has 0 unspecified atom stereocenters. The predicted octanol–water partition coefficient (Wildman–Crippen LogP) is 3.09. The van der Waals surface area contributed by atoms with Crippen molar-refractivity contribution < 1.29 is 13.9 Å². The third-order valence-corrected chi connectivity index (χ3v) is 2.77. The summed E-state index contributed by atoms with van der Waals surface area (Å²) < 4.78 is 24.3. The number of hydrogen-bond donors (Lipinski definition) is 1. The Morgan fingerprint density at radius 1 is 1.16 bits per heavy atom. The molecule has 0 heterocycles. The standard InChI is InChI=1S/C15H24FNO2/c1-3-18-15(19-4-2)10-7-11-17-12-13-8-5-6-9-14(13)16/h5-6,8-9,15,17H,3-4,7,10-12H2,1-2H3. The van der Waals surface area contributed by atoms with Gasteiger partial charge < -0.3 is 14.8 Å². The Morgan fingerprint density at radius 2 is 1.84 bits per heavy atom. The molecule has 0 saturated heterocycles. The normalized spacial score (nSPS) is 11.2. The van der Waals surface area contributed by atoms with Crippen molar-refractivity contribution in [3.05, 3.63) is 35.6 Å². The van der Waals surface area contributed by atoms with Crippen LogP contribution in [0.25, 0.3) is 0 Å². The first-order valence-corrected chi connectivity index (χ1v) is 6.95. The van der Waals surface area contributed by atoms with Crippen LogP contribution in [0.2, 0.25) is 0 Å². The summed E-state index contributed by atoms with van der Waals surface area (Å²) in [4.78, 5) is 0. The van der Waals surface area contributed by atoms with Gasteiger partial charge in [0.05, 0.1) is 0 Å². The maximum atomic E-state index is 13.3. The second kappa shape index (κ2) is 9.89. The molecule has 0 bridgehead atoms. The minimum atomic E-state index is -0.156. The van der Waals surface area contributed by atoms with Gasteiger partial charge in [-0.3, -0.25) is 0 Å². The topological polar surface area (TPSA) is 30.5 Å². The van der Waals surface area contributed by atoms with Crippen molar-refractivity contribution in [2.45, 2.75) is 39.5 Å². The number of benzene rings is 1. The summed E-state index contributed by atoms with van der Waals surface area (Å²) in [6.45, 7) is 6.62. The van der Waals surface area contributed by atoms with Gasteiger partial charge in [-0.05, 0) is 39.3 Å². The molecule has 1 aromatic carbocycles. The number of halogens is 1. The van der Waals surface area contributed by atoms with Gasteiger partial charge in [-0.25, -0.2) is 4.39 Å². The largest absolute Gasteiger partial charge is 0.353 e.